The largest absolute Gasteiger partial charge is 0.433 e. The Bertz CT molecular complexity index is 1320. The molecule has 0 atom stereocenters. The van der Waals surface area contributed by atoms with Gasteiger partial charge in [-0.2, -0.15) is 23.4 Å². The number of nitrogens with one attached hydrogen (secondary N) is 1. The van der Waals surface area contributed by atoms with Crippen LogP contribution in [0.1, 0.15) is 48.2 Å². The molecule has 0 aliphatic heterocycles. The number of halogens is 4. The van der Waals surface area contributed by atoms with E-state index in [4.69, 9.17) is 11.6 Å². The second-order valence-corrected chi connectivity index (χ2v) is 8.99. The number of carbonyl (C=O) groups is 1. The summed E-state index contributed by atoms with van der Waals surface area (Å²) in [6, 6.07) is 11.0. The fourth-order valence-corrected chi connectivity index (χ4v) is 3.27. The lowest BCUT2D eigenvalue weighted by atomic mass is 9.91. The molecule has 7 nitrogen and oxygen atoms in total. The summed E-state index contributed by atoms with van der Waals surface area (Å²) in [5.74, 6) is -0.451. The van der Waals surface area contributed by atoms with Gasteiger partial charge in [-0.1, -0.05) is 44.5 Å². The summed E-state index contributed by atoms with van der Waals surface area (Å²) in [7, 11) is 0. The number of amides is 1. The first kappa shape index (κ1) is 22.8. The lowest BCUT2D eigenvalue weighted by Gasteiger charge is -2.19. The summed E-state index contributed by atoms with van der Waals surface area (Å²) in [5, 5.41) is 11.3. The van der Waals surface area contributed by atoms with E-state index in [1.165, 1.54) is 6.07 Å². The molecule has 0 saturated heterocycles. The van der Waals surface area contributed by atoms with E-state index in [0.717, 1.165) is 11.6 Å². The van der Waals surface area contributed by atoms with Crippen LogP contribution in [0.15, 0.2) is 48.7 Å². The first-order chi connectivity index (χ1) is 15.4. The fraction of sp³-hybridized carbons (Fsp3) is 0.273. The van der Waals surface area contributed by atoms with Crippen molar-refractivity contribution in [2.75, 3.05) is 5.32 Å². The van der Waals surface area contributed by atoms with Crippen LogP contribution in [-0.4, -0.2) is 30.3 Å². The van der Waals surface area contributed by atoms with Crippen LogP contribution in [0.4, 0.5) is 19.0 Å². The van der Waals surface area contributed by atoms with Crippen molar-refractivity contribution in [1.82, 2.24) is 24.4 Å². The molecule has 11 heteroatoms. The van der Waals surface area contributed by atoms with E-state index in [2.05, 4.69) is 20.5 Å². The molecule has 0 saturated carbocycles. The molecule has 3 aromatic heterocycles. The third-order valence-electron chi connectivity index (χ3n) is 4.86. The average Bonchev–Trinajstić information content (AvgIpc) is 3.34. The summed E-state index contributed by atoms with van der Waals surface area (Å²) >= 11 is 5.88. The molecule has 3 heterocycles. The Morgan fingerprint density at radius 2 is 1.76 bits per heavy atom. The molecule has 0 aliphatic rings. The summed E-state index contributed by atoms with van der Waals surface area (Å²) in [5.41, 5.74) is -0.676. The van der Waals surface area contributed by atoms with E-state index < -0.39 is 23.2 Å². The van der Waals surface area contributed by atoms with Crippen molar-refractivity contribution in [2.24, 2.45) is 0 Å². The van der Waals surface area contributed by atoms with Gasteiger partial charge in [0.05, 0.1) is 12.2 Å². The van der Waals surface area contributed by atoms with Gasteiger partial charge in [0.25, 0.3) is 5.91 Å². The van der Waals surface area contributed by atoms with Crippen LogP contribution >= 0.6 is 11.6 Å². The van der Waals surface area contributed by atoms with Gasteiger partial charge in [0.2, 0.25) is 0 Å². The van der Waals surface area contributed by atoms with E-state index in [9.17, 15) is 18.0 Å². The van der Waals surface area contributed by atoms with Crippen molar-refractivity contribution in [2.45, 2.75) is 38.9 Å². The summed E-state index contributed by atoms with van der Waals surface area (Å²) in [4.78, 5) is 17.0. The van der Waals surface area contributed by atoms with Crippen molar-refractivity contribution in [3.63, 3.8) is 0 Å². The second-order valence-electron chi connectivity index (χ2n) is 8.55. The maximum absolute atomic E-state index is 13.6. The number of hydrogen-bond acceptors (Lipinski definition) is 4. The van der Waals surface area contributed by atoms with Crippen LogP contribution < -0.4 is 5.32 Å². The highest BCUT2D eigenvalue weighted by Crippen LogP contribution is 2.32. The monoisotopic (exact) mass is 476 g/mol. The van der Waals surface area contributed by atoms with Crippen molar-refractivity contribution in [3.05, 3.63) is 76.3 Å². The molecule has 0 fully saturated rings. The Morgan fingerprint density at radius 3 is 2.39 bits per heavy atom. The lowest BCUT2D eigenvalue weighted by molar-refractivity contribution is -0.142. The molecular weight excluding hydrogens is 457 g/mol. The molecule has 0 aliphatic carbocycles. The van der Waals surface area contributed by atoms with Crippen LogP contribution in [0.25, 0.3) is 5.65 Å². The molecule has 4 aromatic rings. The van der Waals surface area contributed by atoms with Crippen LogP contribution in [0.3, 0.4) is 0 Å². The van der Waals surface area contributed by atoms with Crippen molar-refractivity contribution in [3.8, 4) is 0 Å². The fourth-order valence-electron chi connectivity index (χ4n) is 3.15. The summed E-state index contributed by atoms with van der Waals surface area (Å²) in [6.45, 7) is 5.73. The molecule has 1 N–H and O–H groups in total. The van der Waals surface area contributed by atoms with Gasteiger partial charge in [-0.05, 0) is 23.8 Å². The average molecular weight is 477 g/mol. The number of fused-ring (bicyclic) bond motifs is 1. The molecule has 33 heavy (non-hydrogen) atoms. The third-order valence-corrected chi connectivity index (χ3v) is 5.11. The maximum Gasteiger partial charge on any atom is 0.433 e. The van der Waals surface area contributed by atoms with E-state index in [0.29, 0.717) is 16.1 Å². The molecule has 0 radical (unpaired) electrons. The van der Waals surface area contributed by atoms with Gasteiger partial charge >= 0.3 is 6.18 Å². The number of carbonyl (C=O) groups excluding carboxylic acids is 1. The molecule has 172 valence electrons. The Balaban J connectivity index is 1.58. The molecule has 0 spiro atoms. The number of alkyl halides is 3. The first-order valence-electron chi connectivity index (χ1n) is 9.98. The molecular formula is C22H20ClF3N6O. The zero-order chi connectivity index (χ0) is 24.0. The van der Waals surface area contributed by atoms with E-state index in [-0.39, 0.29) is 22.9 Å². The van der Waals surface area contributed by atoms with Gasteiger partial charge in [0.15, 0.2) is 17.2 Å². The minimum Gasteiger partial charge on any atom is -0.304 e. The van der Waals surface area contributed by atoms with Crippen LogP contribution in [0.2, 0.25) is 5.02 Å². The summed E-state index contributed by atoms with van der Waals surface area (Å²) in [6.07, 6.45) is -2.99. The van der Waals surface area contributed by atoms with Crippen molar-refractivity contribution < 1.29 is 18.0 Å². The Hall–Kier alpha value is -3.40. The standard InChI is InChI=1S/C22H20ClF3N6O/c1-21(2,3)16-11-17(22(24,25)26)32-19(27-16)10-15(29-32)20(33)28-18-8-9-31(30-18)12-13-4-6-14(23)7-5-13/h4-11H,12H2,1-3H3,(H,28,30,33). The number of anilines is 1. The van der Waals surface area contributed by atoms with Crippen molar-refractivity contribution >= 4 is 29.0 Å². The summed E-state index contributed by atoms with van der Waals surface area (Å²) < 4.78 is 43.2. The highest BCUT2D eigenvalue weighted by molar-refractivity contribution is 6.30. The quantitative estimate of drug-likeness (QED) is 0.439. The predicted octanol–water partition coefficient (Wildman–Crippen LogP) is 5.20. The number of rotatable bonds is 4. The predicted molar refractivity (Wildman–Crippen MR) is 117 cm³/mol. The second kappa shape index (κ2) is 8.18. The van der Waals surface area contributed by atoms with Crippen LogP contribution in [0.5, 0.6) is 0 Å². The number of aromatic nitrogens is 5. The minimum atomic E-state index is -4.67. The Labute approximate surface area is 192 Å². The van der Waals surface area contributed by atoms with E-state index in [1.54, 1.807) is 49.8 Å². The highest BCUT2D eigenvalue weighted by Gasteiger charge is 2.36. The van der Waals surface area contributed by atoms with E-state index >= 15 is 0 Å². The van der Waals surface area contributed by atoms with Gasteiger partial charge in [-0.3, -0.25) is 9.48 Å². The molecule has 4 rings (SSSR count). The van der Waals surface area contributed by atoms with Gasteiger partial charge in [0, 0.05) is 28.8 Å². The van der Waals surface area contributed by atoms with Crippen LogP contribution in [0, 0.1) is 0 Å². The highest BCUT2D eigenvalue weighted by atomic mass is 35.5. The van der Waals surface area contributed by atoms with Gasteiger partial charge < -0.3 is 5.32 Å². The van der Waals surface area contributed by atoms with Crippen LogP contribution in [-0.2, 0) is 18.1 Å². The Morgan fingerprint density at radius 1 is 1.06 bits per heavy atom. The number of hydrogen-bond donors (Lipinski definition) is 1. The van der Waals surface area contributed by atoms with Gasteiger partial charge in [-0.15, -0.1) is 0 Å². The minimum absolute atomic E-state index is 0.0619. The van der Waals surface area contributed by atoms with Crippen molar-refractivity contribution in [1.29, 1.82) is 0 Å². The topological polar surface area (TPSA) is 77.1 Å². The zero-order valence-corrected chi connectivity index (χ0v) is 18.7. The van der Waals surface area contributed by atoms with Gasteiger partial charge in [0.1, 0.15) is 5.69 Å². The van der Waals surface area contributed by atoms with E-state index in [1.807, 2.05) is 12.1 Å². The molecule has 0 bridgehead atoms. The first-order valence-corrected chi connectivity index (χ1v) is 10.4. The molecule has 1 aromatic carbocycles. The normalized spacial score (nSPS) is 12.3. The SMILES string of the molecule is CC(C)(C)c1cc(C(F)(F)F)n2nc(C(=O)Nc3ccn(Cc4ccc(Cl)cc4)n3)cc2n1. The van der Waals surface area contributed by atoms with Gasteiger partial charge in [-0.25, -0.2) is 9.50 Å². The Kier molecular flexibility index (Phi) is 5.65. The maximum atomic E-state index is 13.6. The molecule has 0 unspecified atom stereocenters. The number of benzene rings is 1. The zero-order valence-electron chi connectivity index (χ0n) is 18.0. The number of nitrogens with zero attached hydrogens (tertiary/aromatic N) is 5. The molecule has 1 amide bonds. The smallest absolute Gasteiger partial charge is 0.304 e. The lowest BCUT2D eigenvalue weighted by Crippen LogP contribution is -2.20. The third kappa shape index (κ3) is 5.00.